The first-order valence-corrected chi connectivity index (χ1v) is 5.68. The number of aromatic nitrogens is 1. The number of hydrogen-bond acceptors (Lipinski definition) is 3. The van der Waals surface area contributed by atoms with E-state index in [9.17, 15) is 4.79 Å². The van der Waals surface area contributed by atoms with Crippen molar-refractivity contribution in [2.24, 2.45) is 0 Å². The molecule has 1 aliphatic rings. The maximum Gasteiger partial charge on any atom is 0.255 e. The molecule has 1 fully saturated rings. The van der Waals surface area contributed by atoms with Gasteiger partial charge in [0.05, 0.1) is 10.6 Å². The van der Waals surface area contributed by atoms with Gasteiger partial charge in [0.25, 0.3) is 5.91 Å². The van der Waals surface area contributed by atoms with E-state index in [1.807, 2.05) is 4.90 Å². The Labute approximate surface area is 99.6 Å². The third-order valence-electron chi connectivity index (χ3n) is 2.66. The summed E-state index contributed by atoms with van der Waals surface area (Å²) in [5.41, 5.74) is 0.533. The van der Waals surface area contributed by atoms with Gasteiger partial charge in [0.1, 0.15) is 0 Å². The molecule has 5 heteroatoms. The second-order valence-corrected chi connectivity index (χ2v) is 4.37. The minimum absolute atomic E-state index is 0.0132. The SMILES string of the molecule is C[C@@H]1CN(C(=O)c2ccncc2Cl)CCN1. The molecule has 1 aliphatic heterocycles. The average molecular weight is 240 g/mol. The number of pyridine rings is 1. The zero-order valence-electron chi connectivity index (χ0n) is 9.11. The summed E-state index contributed by atoms with van der Waals surface area (Å²) in [6, 6.07) is 2.00. The second kappa shape index (κ2) is 4.80. The first kappa shape index (κ1) is 11.4. The summed E-state index contributed by atoms with van der Waals surface area (Å²) in [5, 5.41) is 3.71. The number of piperazine rings is 1. The van der Waals surface area contributed by atoms with Gasteiger partial charge in [-0.2, -0.15) is 0 Å². The summed E-state index contributed by atoms with van der Waals surface area (Å²) >= 11 is 5.95. The molecule has 16 heavy (non-hydrogen) atoms. The lowest BCUT2D eigenvalue weighted by atomic mass is 10.2. The molecule has 0 spiro atoms. The van der Waals surface area contributed by atoms with Gasteiger partial charge in [-0.05, 0) is 13.0 Å². The van der Waals surface area contributed by atoms with Crippen molar-refractivity contribution in [3.05, 3.63) is 29.0 Å². The fraction of sp³-hybridized carbons (Fsp3) is 0.455. The monoisotopic (exact) mass is 239 g/mol. The van der Waals surface area contributed by atoms with Gasteiger partial charge in [0, 0.05) is 38.1 Å². The lowest BCUT2D eigenvalue weighted by Gasteiger charge is -2.32. The maximum absolute atomic E-state index is 12.2. The molecule has 1 aromatic heterocycles. The van der Waals surface area contributed by atoms with Crippen LogP contribution in [0.15, 0.2) is 18.5 Å². The lowest BCUT2D eigenvalue weighted by Crippen LogP contribution is -2.51. The molecular weight excluding hydrogens is 226 g/mol. The van der Waals surface area contributed by atoms with Gasteiger partial charge in [-0.3, -0.25) is 9.78 Å². The quantitative estimate of drug-likeness (QED) is 0.800. The van der Waals surface area contributed by atoms with Gasteiger partial charge in [-0.25, -0.2) is 0 Å². The summed E-state index contributed by atoms with van der Waals surface area (Å²) < 4.78 is 0. The van der Waals surface area contributed by atoms with E-state index in [4.69, 9.17) is 11.6 Å². The largest absolute Gasteiger partial charge is 0.336 e. The van der Waals surface area contributed by atoms with Crippen molar-refractivity contribution in [3.8, 4) is 0 Å². The third-order valence-corrected chi connectivity index (χ3v) is 2.96. The Balaban J connectivity index is 2.16. The van der Waals surface area contributed by atoms with Crippen molar-refractivity contribution in [2.45, 2.75) is 13.0 Å². The zero-order chi connectivity index (χ0) is 11.5. The summed E-state index contributed by atoms with van der Waals surface area (Å²) in [7, 11) is 0. The van der Waals surface area contributed by atoms with Crippen LogP contribution in [0.3, 0.4) is 0 Å². The average Bonchev–Trinajstić information content (AvgIpc) is 2.29. The van der Waals surface area contributed by atoms with Crippen molar-refractivity contribution in [1.82, 2.24) is 15.2 Å². The highest BCUT2D eigenvalue weighted by atomic mass is 35.5. The summed E-state index contributed by atoms with van der Waals surface area (Å²) in [6.45, 7) is 4.34. The second-order valence-electron chi connectivity index (χ2n) is 3.96. The van der Waals surface area contributed by atoms with Crippen LogP contribution in [0.25, 0.3) is 0 Å². The molecule has 2 heterocycles. The Kier molecular flexibility index (Phi) is 3.41. The fourth-order valence-electron chi connectivity index (χ4n) is 1.84. The van der Waals surface area contributed by atoms with E-state index < -0.39 is 0 Å². The zero-order valence-corrected chi connectivity index (χ0v) is 9.87. The minimum atomic E-state index is -0.0132. The fourth-order valence-corrected chi connectivity index (χ4v) is 2.04. The highest BCUT2D eigenvalue weighted by molar-refractivity contribution is 6.33. The van der Waals surface area contributed by atoms with Crippen molar-refractivity contribution < 1.29 is 4.79 Å². The van der Waals surface area contributed by atoms with Crippen LogP contribution in [0.2, 0.25) is 5.02 Å². The number of nitrogens with zero attached hydrogens (tertiary/aromatic N) is 2. The molecule has 0 unspecified atom stereocenters. The molecule has 1 N–H and O–H groups in total. The van der Waals surface area contributed by atoms with E-state index in [1.54, 1.807) is 12.3 Å². The summed E-state index contributed by atoms with van der Waals surface area (Å²) in [5.74, 6) is -0.0132. The topological polar surface area (TPSA) is 45.2 Å². The van der Waals surface area contributed by atoms with Crippen molar-refractivity contribution in [1.29, 1.82) is 0 Å². The van der Waals surface area contributed by atoms with E-state index >= 15 is 0 Å². The third kappa shape index (κ3) is 2.33. The molecule has 1 aromatic rings. The minimum Gasteiger partial charge on any atom is -0.336 e. The Morgan fingerprint density at radius 2 is 2.50 bits per heavy atom. The molecule has 0 aromatic carbocycles. The van der Waals surface area contributed by atoms with Crippen LogP contribution >= 0.6 is 11.6 Å². The van der Waals surface area contributed by atoms with Gasteiger partial charge in [-0.15, -0.1) is 0 Å². The predicted molar refractivity (Wildman–Crippen MR) is 62.6 cm³/mol. The Morgan fingerprint density at radius 1 is 1.69 bits per heavy atom. The van der Waals surface area contributed by atoms with Crippen molar-refractivity contribution in [3.63, 3.8) is 0 Å². The van der Waals surface area contributed by atoms with Crippen LogP contribution in [-0.2, 0) is 0 Å². The molecular formula is C11H14ClN3O. The van der Waals surface area contributed by atoms with Crippen LogP contribution in [0, 0.1) is 0 Å². The van der Waals surface area contributed by atoms with E-state index in [2.05, 4.69) is 17.2 Å². The van der Waals surface area contributed by atoms with Gasteiger partial charge < -0.3 is 10.2 Å². The number of carbonyl (C=O) groups is 1. The number of amides is 1. The number of halogens is 1. The molecule has 2 rings (SSSR count). The maximum atomic E-state index is 12.2. The highest BCUT2D eigenvalue weighted by Crippen LogP contribution is 2.16. The highest BCUT2D eigenvalue weighted by Gasteiger charge is 2.22. The van der Waals surface area contributed by atoms with Crippen LogP contribution in [0.1, 0.15) is 17.3 Å². The molecule has 0 saturated carbocycles. The number of hydrogen-bond donors (Lipinski definition) is 1. The first-order valence-electron chi connectivity index (χ1n) is 5.30. The van der Waals surface area contributed by atoms with E-state index in [-0.39, 0.29) is 5.91 Å². The number of rotatable bonds is 1. The van der Waals surface area contributed by atoms with E-state index in [1.165, 1.54) is 6.20 Å². The Hall–Kier alpha value is -1.13. The summed E-state index contributed by atoms with van der Waals surface area (Å²) in [6.07, 6.45) is 3.09. The molecule has 1 atom stereocenters. The van der Waals surface area contributed by atoms with Gasteiger partial charge >= 0.3 is 0 Å². The smallest absolute Gasteiger partial charge is 0.255 e. The van der Waals surface area contributed by atoms with Crippen LogP contribution in [0.4, 0.5) is 0 Å². The first-order chi connectivity index (χ1) is 7.68. The molecule has 0 radical (unpaired) electrons. The Morgan fingerprint density at radius 3 is 3.19 bits per heavy atom. The molecule has 4 nitrogen and oxygen atoms in total. The van der Waals surface area contributed by atoms with Gasteiger partial charge in [-0.1, -0.05) is 11.6 Å². The van der Waals surface area contributed by atoms with Crippen LogP contribution in [0.5, 0.6) is 0 Å². The number of nitrogens with one attached hydrogen (secondary N) is 1. The van der Waals surface area contributed by atoms with E-state index in [0.717, 1.165) is 19.6 Å². The molecule has 0 bridgehead atoms. The number of carbonyl (C=O) groups excluding carboxylic acids is 1. The van der Waals surface area contributed by atoms with Gasteiger partial charge in [0.2, 0.25) is 0 Å². The van der Waals surface area contributed by atoms with Crippen molar-refractivity contribution >= 4 is 17.5 Å². The lowest BCUT2D eigenvalue weighted by molar-refractivity contribution is 0.0709. The Bertz CT molecular complexity index is 397. The normalized spacial score (nSPS) is 20.9. The standard InChI is InChI=1S/C11H14ClN3O/c1-8-7-15(5-4-14-8)11(16)9-2-3-13-6-10(9)12/h2-3,6,8,14H,4-5,7H2,1H3/t8-/m1/s1. The molecule has 0 aliphatic carbocycles. The van der Waals surface area contributed by atoms with Crippen molar-refractivity contribution in [2.75, 3.05) is 19.6 Å². The van der Waals surface area contributed by atoms with Crippen LogP contribution < -0.4 is 5.32 Å². The van der Waals surface area contributed by atoms with Crippen LogP contribution in [-0.4, -0.2) is 41.5 Å². The molecule has 86 valence electrons. The predicted octanol–water partition coefficient (Wildman–Crippen LogP) is 1.17. The van der Waals surface area contributed by atoms with E-state index in [0.29, 0.717) is 16.6 Å². The summed E-state index contributed by atoms with van der Waals surface area (Å²) in [4.78, 5) is 17.8. The van der Waals surface area contributed by atoms with Gasteiger partial charge in [0.15, 0.2) is 0 Å². The molecule has 1 saturated heterocycles. The molecule has 1 amide bonds.